The average molecular weight is 377 g/mol. The molecule has 0 fully saturated rings. The summed E-state index contributed by atoms with van der Waals surface area (Å²) in [6, 6.07) is 6.50. The van der Waals surface area contributed by atoms with Gasteiger partial charge < -0.3 is 25.7 Å². The molecule has 0 saturated carbocycles. The van der Waals surface area contributed by atoms with Gasteiger partial charge in [0.05, 0.1) is 12.1 Å². The lowest BCUT2D eigenvalue weighted by atomic mass is 9.90. The largest absolute Gasteiger partial charge is 0.484 e. The third kappa shape index (κ3) is 5.19. The Morgan fingerprint density at radius 2 is 2.04 bits per heavy atom. The molecule has 0 radical (unpaired) electrons. The molecule has 146 valence electrons. The summed E-state index contributed by atoms with van der Waals surface area (Å²) in [5.74, 6) is -1.79. The third-order valence-electron chi connectivity index (χ3n) is 4.19. The Hall–Kier alpha value is -3.10. The van der Waals surface area contributed by atoms with Gasteiger partial charge in [0.25, 0.3) is 11.8 Å². The Balaban J connectivity index is 2.13. The van der Waals surface area contributed by atoms with Crippen LogP contribution in [0.25, 0.3) is 0 Å². The molecular formula is C18H23N3O6. The smallest absolute Gasteiger partial charge is 0.308 e. The van der Waals surface area contributed by atoms with E-state index in [-0.39, 0.29) is 19.1 Å². The first-order valence-electron chi connectivity index (χ1n) is 8.55. The quantitative estimate of drug-likeness (QED) is 0.581. The monoisotopic (exact) mass is 377 g/mol. The third-order valence-corrected chi connectivity index (χ3v) is 4.19. The van der Waals surface area contributed by atoms with Crippen LogP contribution in [0, 0.1) is 0 Å². The average Bonchev–Trinajstić information content (AvgIpc) is 3.04. The summed E-state index contributed by atoms with van der Waals surface area (Å²) in [5.41, 5.74) is 4.56. The van der Waals surface area contributed by atoms with Crippen molar-refractivity contribution in [3.05, 3.63) is 29.8 Å². The van der Waals surface area contributed by atoms with E-state index in [4.69, 9.17) is 15.3 Å². The molecule has 1 aliphatic rings. The van der Waals surface area contributed by atoms with Crippen molar-refractivity contribution in [1.29, 1.82) is 0 Å². The first kappa shape index (κ1) is 20.2. The maximum Gasteiger partial charge on any atom is 0.308 e. The van der Waals surface area contributed by atoms with Crippen LogP contribution in [0.15, 0.2) is 29.4 Å². The molecule has 2 atom stereocenters. The Morgan fingerprint density at radius 3 is 2.59 bits per heavy atom. The molecule has 0 aromatic heterocycles. The summed E-state index contributed by atoms with van der Waals surface area (Å²) in [7, 11) is 0. The lowest BCUT2D eigenvalue weighted by Crippen LogP contribution is -2.51. The van der Waals surface area contributed by atoms with Crippen molar-refractivity contribution in [1.82, 2.24) is 5.32 Å². The van der Waals surface area contributed by atoms with Crippen LogP contribution in [0.1, 0.15) is 38.7 Å². The summed E-state index contributed by atoms with van der Waals surface area (Å²) >= 11 is 0. The van der Waals surface area contributed by atoms with Crippen molar-refractivity contribution in [2.75, 3.05) is 6.61 Å². The number of oxime groups is 1. The van der Waals surface area contributed by atoms with Gasteiger partial charge >= 0.3 is 5.97 Å². The number of primary amides is 1. The van der Waals surface area contributed by atoms with Crippen LogP contribution in [0.3, 0.4) is 0 Å². The van der Waals surface area contributed by atoms with E-state index in [1.54, 1.807) is 24.3 Å². The fraction of sp³-hybridized carbons (Fsp3) is 0.444. The van der Waals surface area contributed by atoms with Gasteiger partial charge in [-0.2, -0.15) is 0 Å². The second-order valence-corrected chi connectivity index (χ2v) is 6.43. The van der Waals surface area contributed by atoms with Gasteiger partial charge in [-0.3, -0.25) is 14.4 Å². The van der Waals surface area contributed by atoms with Crippen LogP contribution >= 0.6 is 0 Å². The zero-order valence-electron chi connectivity index (χ0n) is 15.2. The van der Waals surface area contributed by atoms with Crippen LogP contribution in [-0.4, -0.2) is 46.9 Å². The van der Waals surface area contributed by atoms with Gasteiger partial charge in [0.2, 0.25) is 5.60 Å². The first-order chi connectivity index (χ1) is 12.8. The molecule has 9 nitrogen and oxygen atoms in total. The van der Waals surface area contributed by atoms with Crippen molar-refractivity contribution in [3.8, 4) is 5.75 Å². The molecule has 1 heterocycles. The number of hydrogen-bond acceptors (Lipinski definition) is 6. The van der Waals surface area contributed by atoms with E-state index in [9.17, 15) is 19.5 Å². The molecule has 1 aromatic carbocycles. The number of amides is 2. The molecule has 0 bridgehead atoms. The summed E-state index contributed by atoms with van der Waals surface area (Å²) < 4.78 is 5.19. The highest BCUT2D eigenvalue weighted by atomic mass is 16.7. The topological polar surface area (TPSA) is 140 Å². The highest BCUT2D eigenvalue weighted by molar-refractivity contribution is 6.06. The highest BCUT2D eigenvalue weighted by Crippen LogP contribution is 2.31. The summed E-state index contributed by atoms with van der Waals surface area (Å²) in [5, 5.41) is 15.9. The zero-order chi connectivity index (χ0) is 20.0. The van der Waals surface area contributed by atoms with Gasteiger partial charge in [0.15, 0.2) is 6.61 Å². The van der Waals surface area contributed by atoms with Crippen molar-refractivity contribution in [3.63, 3.8) is 0 Å². The van der Waals surface area contributed by atoms with Crippen molar-refractivity contribution < 1.29 is 29.1 Å². The number of carboxylic acid groups (broad SMARTS) is 1. The minimum absolute atomic E-state index is 0.0308. The number of carbonyl (C=O) groups is 3. The number of nitrogens with zero attached hydrogens (tertiary/aromatic N) is 1. The summed E-state index contributed by atoms with van der Waals surface area (Å²) in [4.78, 5) is 40.0. The molecule has 0 spiro atoms. The minimum Gasteiger partial charge on any atom is -0.484 e. The van der Waals surface area contributed by atoms with Gasteiger partial charge in [0.1, 0.15) is 5.75 Å². The van der Waals surface area contributed by atoms with E-state index in [1.165, 1.54) is 0 Å². The maximum absolute atomic E-state index is 12.6. The van der Waals surface area contributed by atoms with Crippen LogP contribution in [0.4, 0.5) is 0 Å². The molecule has 1 aliphatic heterocycles. The molecule has 0 aliphatic carbocycles. The standard InChI is InChI=1S/C18H23N3O6/c1-3-11(2)20-17(25)18(9-16(23)24)8-14(21-27-18)12-4-6-13(7-5-12)26-10-15(19)22/h4-7,11H,3,8-10H2,1-2H3,(H2,19,22)(H,20,25)(H,23,24). The van der Waals surface area contributed by atoms with Crippen LogP contribution in [0.2, 0.25) is 0 Å². The summed E-state index contributed by atoms with van der Waals surface area (Å²) in [6.45, 7) is 3.50. The number of hydrogen-bond donors (Lipinski definition) is 3. The lowest BCUT2D eigenvalue weighted by Gasteiger charge is -2.25. The first-order valence-corrected chi connectivity index (χ1v) is 8.55. The number of aliphatic carboxylic acids is 1. The molecular weight excluding hydrogens is 354 g/mol. The Kier molecular flexibility index (Phi) is 6.38. The molecule has 1 aromatic rings. The van der Waals surface area contributed by atoms with Gasteiger partial charge in [-0.1, -0.05) is 12.1 Å². The predicted octanol–water partition coefficient (Wildman–Crippen LogP) is 0.803. The van der Waals surface area contributed by atoms with E-state index in [0.717, 1.165) is 0 Å². The van der Waals surface area contributed by atoms with Crippen LogP contribution in [0.5, 0.6) is 5.75 Å². The Labute approximate surface area is 156 Å². The van der Waals surface area contributed by atoms with Gasteiger partial charge in [-0.25, -0.2) is 0 Å². The fourth-order valence-electron chi connectivity index (χ4n) is 2.53. The van der Waals surface area contributed by atoms with Gasteiger partial charge in [-0.15, -0.1) is 0 Å². The number of nitrogens with one attached hydrogen (secondary N) is 1. The van der Waals surface area contributed by atoms with E-state index < -0.39 is 29.8 Å². The number of ether oxygens (including phenoxy) is 1. The van der Waals surface area contributed by atoms with E-state index in [2.05, 4.69) is 10.5 Å². The Morgan fingerprint density at radius 1 is 1.37 bits per heavy atom. The number of carbonyl (C=O) groups excluding carboxylic acids is 2. The molecule has 2 unspecified atom stereocenters. The van der Waals surface area contributed by atoms with Crippen LogP contribution in [-0.2, 0) is 19.2 Å². The maximum atomic E-state index is 12.6. The van der Waals surface area contributed by atoms with Crippen molar-refractivity contribution in [2.45, 2.75) is 44.8 Å². The second kappa shape index (κ2) is 8.52. The van der Waals surface area contributed by atoms with Crippen molar-refractivity contribution in [2.24, 2.45) is 10.9 Å². The minimum atomic E-state index is -1.58. The predicted molar refractivity (Wildman–Crippen MR) is 96.2 cm³/mol. The SMILES string of the molecule is CCC(C)NC(=O)C1(CC(=O)O)CC(c2ccc(OCC(N)=O)cc2)=NO1. The second-order valence-electron chi connectivity index (χ2n) is 6.43. The van der Waals surface area contributed by atoms with Crippen molar-refractivity contribution >= 4 is 23.5 Å². The molecule has 4 N–H and O–H groups in total. The lowest BCUT2D eigenvalue weighted by molar-refractivity contribution is -0.156. The number of carboxylic acids is 1. The molecule has 0 saturated heterocycles. The van der Waals surface area contributed by atoms with Gasteiger partial charge in [-0.05, 0) is 43.2 Å². The number of benzene rings is 1. The Bertz CT molecular complexity index is 746. The summed E-state index contributed by atoms with van der Waals surface area (Å²) in [6.07, 6.45) is 0.237. The normalized spacial score (nSPS) is 19.6. The molecule has 9 heteroatoms. The van der Waals surface area contributed by atoms with E-state index in [0.29, 0.717) is 23.4 Å². The molecule has 2 rings (SSSR count). The van der Waals surface area contributed by atoms with Crippen LogP contribution < -0.4 is 15.8 Å². The fourth-order valence-corrected chi connectivity index (χ4v) is 2.53. The molecule has 2 amide bonds. The molecule has 27 heavy (non-hydrogen) atoms. The van der Waals surface area contributed by atoms with E-state index in [1.807, 2.05) is 13.8 Å². The highest BCUT2D eigenvalue weighted by Gasteiger charge is 2.48. The van der Waals surface area contributed by atoms with Gasteiger partial charge in [0, 0.05) is 12.5 Å². The zero-order valence-corrected chi connectivity index (χ0v) is 15.2. The number of rotatable bonds is 9. The number of nitrogens with two attached hydrogens (primary N) is 1. The van der Waals surface area contributed by atoms with E-state index >= 15 is 0 Å².